The van der Waals surface area contributed by atoms with Crippen LogP contribution >= 0.6 is 11.6 Å². The molecular formula is C29H29ClFN7O. The molecule has 39 heavy (non-hydrogen) atoms. The highest BCUT2D eigenvalue weighted by molar-refractivity contribution is 6.36. The fourth-order valence-corrected chi connectivity index (χ4v) is 5.97. The normalized spacial score (nSPS) is 21.1. The Kier molecular flexibility index (Phi) is 6.83. The summed E-state index contributed by atoms with van der Waals surface area (Å²) in [6.07, 6.45) is 7.36. The third-order valence-electron chi connectivity index (χ3n) is 8.09. The Morgan fingerprint density at radius 1 is 1.23 bits per heavy atom. The average molecular weight is 546 g/mol. The van der Waals surface area contributed by atoms with Crippen LogP contribution in [0.25, 0.3) is 32.9 Å². The molecule has 8 nitrogen and oxygen atoms in total. The Balaban J connectivity index is 1.44. The molecule has 1 aliphatic heterocycles. The van der Waals surface area contributed by atoms with Gasteiger partial charge in [0.05, 0.1) is 5.39 Å². The number of fused-ring (bicyclic) bond motifs is 2. The first-order valence-corrected chi connectivity index (χ1v) is 13.6. The van der Waals surface area contributed by atoms with Crippen molar-refractivity contribution in [1.82, 2.24) is 25.2 Å². The van der Waals surface area contributed by atoms with E-state index in [2.05, 4.69) is 27.2 Å². The van der Waals surface area contributed by atoms with Crippen molar-refractivity contribution in [1.29, 1.82) is 5.26 Å². The number of halogens is 2. The standard InChI is InChI=1S/C29H29ClFN7O/c1-37-11-5-8-19(37)15-39-29-35-27-22(28(36-29)38(2)20-12-18(13-20)34-16-32)14-33-26(25(27)31)21-9-3-6-17-7-4-10-23(30)24(17)21/h3-4,6-7,9-10,14,18-20,34H,5,8,11-13,15H2,1-2H3/t18?,19-,20?/m0/s1. The largest absolute Gasteiger partial charge is 0.462 e. The zero-order chi connectivity index (χ0) is 27.1. The summed E-state index contributed by atoms with van der Waals surface area (Å²) >= 11 is 6.55. The number of aromatic nitrogens is 3. The lowest BCUT2D eigenvalue weighted by atomic mass is 9.86. The smallest absolute Gasteiger partial charge is 0.319 e. The number of hydrogen-bond donors (Lipinski definition) is 1. The molecule has 2 aliphatic rings. The van der Waals surface area contributed by atoms with E-state index in [0.29, 0.717) is 28.4 Å². The minimum absolute atomic E-state index is 0.127. The molecule has 1 saturated carbocycles. The first-order chi connectivity index (χ1) is 18.9. The number of ether oxygens (including phenoxy) is 1. The van der Waals surface area contributed by atoms with Crippen LogP contribution in [0, 0.1) is 17.3 Å². The molecule has 1 N–H and O–H groups in total. The maximum absolute atomic E-state index is 16.4. The second-order valence-corrected chi connectivity index (χ2v) is 10.8. The summed E-state index contributed by atoms with van der Waals surface area (Å²) in [5.74, 6) is 0.0153. The van der Waals surface area contributed by atoms with Crippen LogP contribution in [0.2, 0.25) is 5.02 Å². The van der Waals surface area contributed by atoms with E-state index in [-0.39, 0.29) is 35.3 Å². The van der Waals surface area contributed by atoms with Gasteiger partial charge in [-0.05, 0) is 50.7 Å². The summed E-state index contributed by atoms with van der Waals surface area (Å²) in [5.41, 5.74) is 0.934. The highest BCUT2D eigenvalue weighted by Crippen LogP contribution is 2.38. The summed E-state index contributed by atoms with van der Waals surface area (Å²) in [5, 5.41) is 14.4. The number of hydrogen-bond acceptors (Lipinski definition) is 8. The zero-order valence-electron chi connectivity index (χ0n) is 21.9. The van der Waals surface area contributed by atoms with Gasteiger partial charge >= 0.3 is 6.01 Å². The number of likely N-dealkylation sites (N-methyl/N-ethyl adjacent to an activating group) is 1. The average Bonchev–Trinajstić information content (AvgIpc) is 3.33. The second-order valence-electron chi connectivity index (χ2n) is 10.4. The molecule has 10 heteroatoms. The van der Waals surface area contributed by atoms with E-state index in [1.54, 1.807) is 12.3 Å². The number of nitrogens with one attached hydrogen (secondary N) is 1. The molecule has 1 aliphatic carbocycles. The number of rotatable bonds is 7. The number of nitrogens with zero attached hydrogens (tertiary/aromatic N) is 6. The molecule has 2 aromatic carbocycles. The number of benzene rings is 2. The molecule has 0 unspecified atom stereocenters. The minimum Gasteiger partial charge on any atom is -0.462 e. The molecule has 0 spiro atoms. The van der Waals surface area contributed by atoms with E-state index in [1.807, 2.05) is 48.5 Å². The Bertz CT molecular complexity index is 1580. The van der Waals surface area contributed by atoms with E-state index < -0.39 is 5.82 Å². The van der Waals surface area contributed by atoms with E-state index >= 15 is 4.39 Å². The maximum atomic E-state index is 16.4. The molecule has 2 fully saturated rings. The van der Waals surface area contributed by atoms with Crippen molar-refractivity contribution in [2.24, 2.45) is 0 Å². The first-order valence-electron chi connectivity index (χ1n) is 13.2. The SMILES string of the molecule is CN(c1nc(OC[C@@H]2CCCN2C)nc2c(F)c(-c3cccc4cccc(Cl)c34)ncc12)C1CC(NC#N)C1. The maximum Gasteiger partial charge on any atom is 0.319 e. The minimum atomic E-state index is -0.544. The molecule has 200 valence electrons. The van der Waals surface area contributed by atoms with Gasteiger partial charge in [0.2, 0.25) is 0 Å². The predicted octanol–water partition coefficient (Wildman–Crippen LogP) is 5.15. The van der Waals surface area contributed by atoms with Gasteiger partial charge in [-0.1, -0.05) is 41.9 Å². The van der Waals surface area contributed by atoms with Crippen molar-refractivity contribution in [3.63, 3.8) is 0 Å². The molecule has 1 atom stereocenters. The monoisotopic (exact) mass is 545 g/mol. The lowest BCUT2D eigenvalue weighted by Gasteiger charge is -2.41. The van der Waals surface area contributed by atoms with Gasteiger partial charge in [-0.15, -0.1) is 0 Å². The highest BCUT2D eigenvalue weighted by atomic mass is 35.5. The molecule has 4 aromatic rings. The van der Waals surface area contributed by atoms with Gasteiger partial charge in [0.25, 0.3) is 0 Å². The number of nitriles is 1. The molecule has 2 aromatic heterocycles. The van der Waals surface area contributed by atoms with Crippen molar-refractivity contribution in [2.45, 2.75) is 43.8 Å². The van der Waals surface area contributed by atoms with Crippen LogP contribution in [0.4, 0.5) is 10.2 Å². The second kappa shape index (κ2) is 10.4. The van der Waals surface area contributed by atoms with E-state index in [9.17, 15) is 0 Å². The van der Waals surface area contributed by atoms with Crippen LogP contribution in [0.1, 0.15) is 25.7 Å². The van der Waals surface area contributed by atoms with Crippen LogP contribution in [0.5, 0.6) is 6.01 Å². The first kappa shape index (κ1) is 25.5. The summed E-state index contributed by atoms with van der Waals surface area (Å²) < 4.78 is 22.5. The topological polar surface area (TPSA) is 90.2 Å². The third-order valence-corrected chi connectivity index (χ3v) is 8.41. The van der Waals surface area contributed by atoms with Crippen LogP contribution in [-0.4, -0.2) is 65.2 Å². The van der Waals surface area contributed by atoms with Gasteiger partial charge in [-0.2, -0.15) is 15.2 Å². The number of pyridine rings is 1. The van der Waals surface area contributed by atoms with Gasteiger partial charge in [0, 0.05) is 47.3 Å². The van der Waals surface area contributed by atoms with E-state index in [0.717, 1.165) is 43.0 Å². The molecular weight excluding hydrogens is 517 g/mol. The van der Waals surface area contributed by atoms with Gasteiger partial charge in [-0.3, -0.25) is 4.98 Å². The Morgan fingerprint density at radius 3 is 2.77 bits per heavy atom. The van der Waals surface area contributed by atoms with Crippen molar-refractivity contribution in [3.05, 3.63) is 53.4 Å². The van der Waals surface area contributed by atoms with Gasteiger partial charge < -0.3 is 19.9 Å². The van der Waals surface area contributed by atoms with Crippen LogP contribution in [-0.2, 0) is 0 Å². The zero-order valence-corrected chi connectivity index (χ0v) is 22.6. The Hall–Kier alpha value is -3.74. The summed E-state index contributed by atoms with van der Waals surface area (Å²) in [7, 11) is 4.01. The van der Waals surface area contributed by atoms with Crippen LogP contribution in [0.3, 0.4) is 0 Å². The van der Waals surface area contributed by atoms with Crippen molar-refractivity contribution < 1.29 is 9.13 Å². The molecule has 0 radical (unpaired) electrons. The molecule has 0 amide bonds. The number of anilines is 1. The van der Waals surface area contributed by atoms with Crippen LogP contribution in [0.15, 0.2) is 42.6 Å². The summed E-state index contributed by atoms with van der Waals surface area (Å²) in [4.78, 5) is 18.1. The quantitative estimate of drug-likeness (QED) is 0.252. The van der Waals surface area contributed by atoms with Crippen molar-refractivity contribution >= 4 is 39.1 Å². The predicted molar refractivity (Wildman–Crippen MR) is 150 cm³/mol. The summed E-state index contributed by atoms with van der Waals surface area (Å²) in [6, 6.07) is 11.9. The molecule has 0 bridgehead atoms. The van der Waals surface area contributed by atoms with E-state index in [4.69, 9.17) is 26.6 Å². The van der Waals surface area contributed by atoms with Crippen LogP contribution < -0.4 is 15.0 Å². The van der Waals surface area contributed by atoms with Gasteiger partial charge in [0.1, 0.15) is 23.6 Å². The lowest BCUT2D eigenvalue weighted by molar-refractivity contribution is 0.188. The van der Waals surface area contributed by atoms with Crippen molar-refractivity contribution in [2.75, 3.05) is 32.1 Å². The lowest BCUT2D eigenvalue weighted by Crippen LogP contribution is -2.50. The van der Waals surface area contributed by atoms with Gasteiger partial charge in [-0.25, -0.2) is 4.39 Å². The molecule has 1 saturated heterocycles. The van der Waals surface area contributed by atoms with Gasteiger partial charge in [0.15, 0.2) is 12.0 Å². The fourth-order valence-electron chi connectivity index (χ4n) is 5.68. The molecule has 6 rings (SSSR count). The van der Waals surface area contributed by atoms with Crippen molar-refractivity contribution in [3.8, 4) is 23.5 Å². The Labute approximate surface area is 231 Å². The fraction of sp³-hybridized carbons (Fsp3) is 0.379. The highest BCUT2D eigenvalue weighted by Gasteiger charge is 2.34. The summed E-state index contributed by atoms with van der Waals surface area (Å²) in [6.45, 7) is 1.46. The third kappa shape index (κ3) is 4.68. The molecule has 3 heterocycles. The Morgan fingerprint density at radius 2 is 2.03 bits per heavy atom. The number of likely N-dealkylation sites (tertiary alicyclic amines) is 1. The van der Waals surface area contributed by atoms with E-state index in [1.165, 1.54) is 0 Å².